The van der Waals surface area contributed by atoms with E-state index in [9.17, 15) is 4.79 Å². The molecule has 3 aromatic rings. The molecule has 1 aliphatic rings. The van der Waals surface area contributed by atoms with E-state index >= 15 is 0 Å². The van der Waals surface area contributed by atoms with Crippen molar-refractivity contribution < 1.29 is 9.53 Å². The summed E-state index contributed by atoms with van der Waals surface area (Å²) in [5.41, 5.74) is 2.04. The summed E-state index contributed by atoms with van der Waals surface area (Å²) >= 11 is 6.07. The van der Waals surface area contributed by atoms with Crippen LogP contribution < -0.4 is 0 Å². The van der Waals surface area contributed by atoms with Crippen molar-refractivity contribution >= 4 is 28.9 Å². The highest BCUT2D eigenvalue weighted by Gasteiger charge is 2.33. The van der Waals surface area contributed by atoms with Crippen LogP contribution >= 0.6 is 11.6 Å². The number of carbonyl (C=O) groups is 1. The maximum absolute atomic E-state index is 12.5. The van der Waals surface area contributed by atoms with Crippen LogP contribution in [0.25, 0.3) is 11.2 Å². The molecule has 8 heteroatoms. The number of aromatic nitrogens is 4. The van der Waals surface area contributed by atoms with Crippen LogP contribution in [-0.4, -0.2) is 37.5 Å². The molecule has 1 atom stereocenters. The summed E-state index contributed by atoms with van der Waals surface area (Å²) < 4.78 is 5.45. The molecular weight excluding hydrogens is 342 g/mol. The molecular formula is C17H16ClN5O2. The topological polar surface area (TPSA) is 84.0 Å². The fourth-order valence-corrected chi connectivity index (χ4v) is 3.22. The van der Waals surface area contributed by atoms with Gasteiger partial charge in [-0.1, -0.05) is 41.9 Å². The normalized spacial score (nSPS) is 17.2. The van der Waals surface area contributed by atoms with Crippen LogP contribution in [0.5, 0.6) is 0 Å². The minimum absolute atomic E-state index is 0.173. The molecule has 25 heavy (non-hydrogen) atoms. The SMILES string of the molecule is O=C(OCc1ccccc1)N1CCC[C@H]1c1nc2ncnc(Cl)c2[nH]1. The zero-order valence-corrected chi connectivity index (χ0v) is 14.1. The van der Waals surface area contributed by atoms with E-state index in [1.54, 1.807) is 4.90 Å². The number of nitrogens with zero attached hydrogens (tertiary/aromatic N) is 4. The number of rotatable bonds is 3. The van der Waals surface area contributed by atoms with E-state index < -0.39 is 0 Å². The van der Waals surface area contributed by atoms with Gasteiger partial charge in [0.1, 0.15) is 24.3 Å². The molecule has 1 aliphatic heterocycles. The highest BCUT2D eigenvalue weighted by molar-refractivity contribution is 6.33. The Morgan fingerprint density at radius 3 is 2.96 bits per heavy atom. The van der Waals surface area contributed by atoms with Crippen molar-refractivity contribution in [3.63, 3.8) is 0 Å². The number of aromatic amines is 1. The lowest BCUT2D eigenvalue weighted by Crippen LogP contribution is -2.31. The maximum atomic E-state index is 12.5. The van der Waals surface area contributed by atoms with Crippen molar-refractivity contribution in [1.29, 1.82) is 0 Å². The van der Waals surface area contributed by atoms with E-state index in [-0.39, 0.29) is 18.7 Å². The lowest BCUT2D eigenvalue weighted by molar-refractivity contribution is 0.0910. The third-order valence-electron chi connectivity index (χ3n) is 4.27. The van der Waals surface area contributed by atoms with Crippen molar-refractivity contribution in [2.45, 2.75) is 25.5 Å². The second-order valence-electron chi connectivity index (χ2n) is 5.88. The Hall–Kier alpha value is -2.67. The first kappa shape index (κ1) is 15.8. The minimum atomic E-state index is -0.344. The van der Waals surface area contributed by atoms with Gasteiger partial charge in [-0.05, 0) is 18.4 Å². The molecule has 1 N–H and O–H groups in total. The van der Waals surface area contributed by atoms with Crippen LogP contribution in [0.3, 0.4) is 0 Å². The fraction of sp³-hybridized carbons (Fsp3) is 0.294. The van der Waals surface area contributed by atoms with E-state index in [4.69, 9.17) is 16.3 Å². The zero-order chi connectivity index (χ0) is 17.2. The van der Waals surface area contributed by atoms with Crippen LogP contribution in [0.4, 0.5) is 4.79 Å². The number of hydrogen-bond acceptors (Lipinski definition) is 5. The van der Waals surface area contributed by atoms with Crippen molar-refractivity contribution in [3.05, 3.63) is 53.2 Å². The molecule has 4 rings (SSSR count). The number of carbonyl (C=O) groups excluding carboxylic acids is 1. The summed E-state index contributed by atoms with van der Waals surface area (Å²) in [6.45, 7) is 0.884. The predicted octanol–water partition coefficient (Wildman–Crippen LogP) is 3.48. The number of fused-ring (bicyclic) bond motifs is 1. The lowest BCUT2D eigenvalue weighted by atomic mass is 10.2. The van der Waals surface area contributed by atoms with E-state index in [1.165, 1.54) is 6.33 Å². The molecule has 1 fully saturated rings. The first-order valence-corrected chi connectivity index (χ1v) is 8.43. The Morgan fingerprint density at radius 1 is 1.32 bits per heavy atom. The van der Waals surface area contributed by atoms with Crippen molar-refractivity contribution in [1.82, 2.24) is 24.8 Å². The van der Waals surface area contributed by atoms with Crippen LogP contribution in [0.15, 0.2) is 36.7 Å². The Morgan fingerprint density at radius 2 is 2.16 bits per heavy atom. The van der Waals surface area contributed by atoms with E-state index in [1.807, 2.05) is 30.3 Å². The molecule has 0 bridgehead atoms. The smallest absolute Gasteiger partial charge is 0.410 e. The van der Waals surface area contributed by atoms with Gasteiger partial charge in [-0.25, -0.2) is 19.7 Å². The Kier molecular flexibility index (Phi) is 4.23. The quantitative estimate of drug-likeness (QED) is 0.725. The molecule has 1 aromatic carbocycles. The lowest BCUT2D eigenvalue weighted by Gasteiger charge is -2.22. The number of likely N-dealkylation sites (tertiary alicyclic amines) is 1. The van der Waals surface area contributed by atoms with Gasteiger partial charge in [-0.15, -0.1) is 0 Å². The number of H-pyrrole nitrogens is 1. The molecule has 0 unspecified atom stereocenters. The number of hydrogen-bond donors (Lipinski definition) is 1. The Labute approximate surface area is 149 Å². The maximum Gasteiger partial charge on any atom is 0.410 e. The fourth-order valence-electron chi connectivity index (χ4n) is 3.05. The van der Waals surface area contributed by atoms with Gasteiger partial charge in [0.2, 0.25) is 0 Å². The van der Waals surface area contributed by atoms with Gasteiger partial charge in [-0.3, -0.25) is 4.90 Å². The summed E-state index contributed by atoms with van der Waals surface area (Å²) in [5, 5.41) is 0.319. The number of imidazole rings is 1. The average Bonchev–Trinajstić information content (AvgIpc) is 3.28. The Bertz CT molecular complexity index is 898. The second-order valence-corrected chi connectivity index (χ2v) is 6.23. The average molecular weight is 358 g/mol. The predicted molar refractivity (Wildman–Crippen MR) is 92.0 cm³/mol. The number of benzene rings is 1. The third kappa shape index (κ3) is 3.15. The van der Waals surface area contributed by atoms with Crippen LogP contribution in [0.2, 0.25) is 5.15 Å². The van der Waals surface area contributed by atoms with Crippen LogP contribution in [-0.2, 0) is 11.3 Å². The first-order chi connectivity index (χ1) is 12.2. The summed E-state index contributed by atoms with van der Waals surface area (Å²) in [6.07, 6.45) is 2.73. The number of ether oxygens (including phenoxy) is 1. The number of halogens is 1. The minimum Gasteiger partial charge on any atom is -0.445 e. The van der Waals surface area contributed by atoms with Gasteiger partial charge in [0.25, 0.3) is 0 Å². The van der Waals surface area contributed by atoms with Crippen molar-refractivity contribution in [2.24, 2.45) is 0 Å². The molecule has 0 saturated carbocycles. The molecule has 0 aliphatic carbocycles. The highest BCUT2D eigenvalue weighted by atomic mass is 35.5. The standard InChI is InChI=1S/C17H16ClN5O2/c18-14-13-16(20-10-19-14)22-15(21-13)12-7-4-8-23(12)17(24)25-9-11-5-2-1-3-6-11/h1-3,5-6,10,12H,4,7-9H2,(H,19,20,21,22)/t12-/m0/s1. The molecule has 128 valence electrons. The first-order valence-electron chi connectivity index (χ1n) is 8.06. The molecule has 0 radical (unpaired) electrons. The molecule has 0 spiro atoms. The van der Waals surface area contributed by atoms with E-state index in [0.717, 1.165) is 18.4 Å². The summed E-state index contributed by atoms with van der Waals surface area (Å²) in [7, 11) is 0. The second kappa shape index (κ2) is 6.68. The third-order valence-corrected chi connectivity index (χ3v) is 4.56. The summed E-state index contributed by atoms with van der Waals surface area (Å²) in [6, 6.07) is 9.44. The highest BCUT2D eigenvalue weighted by Crippen LogP contribution is 2.32. The van der Waals surface area contributed by atoms with E-state index in [2.05, 4.69) is 19.9 Å². The van der Waals surface area contributed by atoms with Gasteiger partial charge in [0, 0.05) is 6.54 Å². The molecule has 1 amide bonds. The number of nitrogens with one attached hydrogen (secondary N) is 1. The van der Waals surface area contributed by atoms with Gasteiger partial charge >= 0.3 is 6.09 Å². The Balaban J connectivity index is 1.51. The van der Waals surface area contributed by atoms with Gasteiger partial charge in [0.05, 0.1) is 6.04 Å². The monoisotopic (exact) mass is 357 g/mol. The van der Waals surface area contributed by atoms with Crippen molar-refractivity contribution in [3.8, 4) is 0 Å². The van der Waals surface area contributed by atoms with Crippen LogP contribution in [0.1, 0.15) is 30.3 Å². The molecule has 2 aromatic heterocycles. The van der Waals surface area contributed by atoms with E-state index in [0.29, 0.717) is 28.7 Å². The van der Waals surface area contributed by atoms with Gasteiger partial charge in [-0.2, -0.15) is 0 Å². The van der Waals surface area contributed by atoms with Crippen LogP contribution in [0, 0.1) is 0 Å². The van der Waals surface area contributed by atoms with Crippen molar-refractivity contribution in [2.75, 3.05) is 6.54 Å². The number of amides is 1. The van der Waals surface area contributed by atoms with Gasteiger partial charge in [0.15, 0.2) is 10.8 Å². The summed E-state index contributed by atoms with van der Waals surface area (Å²) in [4.78, 5) is 29.9. The zero-order valence-electron chi connectivity index (χ0n) is 13.4. The summed E-state index contributed by atoms with van der Waals surface area (Å²) in [5.74, 6) is 0.659. The molecule has 1 saturated heterocycles. The molecule has 3 heterocycles. The van der Waals surface area contributed by atoms with Gasteiger partial charge < -0.3 is 9.72 Å². The largest absolute Gasteiger partial charge is 0.445 e. The molecule has 7 nitrogen and oxygen atoms in total.